The van der Waals surface area contributed by atoms with Crippen LogP contribution in [-0.4, -0.2) is 40.5 Å². The molecule has 0 saturated heterocycles. The van der Waals surface area contributed by atoms with Crippen molar-refractivity contribution < 1.29 is 23.7 Å². The zero-order chi connectivity index (χ0) is 14.5. The highest BCUT2D eigenvalue weighted by atomic mass is 16.7. The van der Waals surface area contributed by atoms with Crippen molar-refractivity contribution in [2.75, 3.05) is 28.1 Å². The Hall–Kier alpha value is -1.50. The van der Waals surface area contributed by atoms with Crippen LogP contribution in [-0.2, 0) is 16.0 Å². The zero-order valence-electron chi connectivity index (χ0n) is 12.3. The van der Waals surface area contributed by atoms with E-state index in [2.05, 4.69) is 5.32 Å². The number of benzene rings is 1. The van der Waals surface area contributed by atoms with Gasteiger partial charge in [-0.2, -0.15) is 0 Å². The predicted molar refractivity (Wildman–Crippen MR) is 73.2 cm³/mol. The van der Waals surface area contributed by atoms with Crippen LogP contribution in [0.4, 0.5) is 0 Å². The monoisotopic (exact) mass is 283 g/mol. The third kappa shape index (κ3) is 3.15. The van der Waals surface area contributed by atoms with Gasteiger partial charge in [0.15, 0.2) is 17.8 Å². The molecule has 0 fully saturated rings. The summed E-state index contributed by atoms with van der Waals surface area (Å²) in [4.78, 5) is 0. The van der Waals surface area contributed by atoms with Crippen molar-refractivity contribution in [3.63, 3.8) is 0 Å². The Kier molecular flexibility index (Phi) is 5.05. The summed E-state index contributed by atoms with van der Waals surface area (Å²) in [7, 11) is 4.86. The Morgan fingerprint density at radius 1 is 1.20 bits per heavy atom. The fourth-order valence-electron chi connectivity index (χ4n) is 2.17. The first-order valence-electron chi connectivity index (χ1n) is 6.45. The van der Waals surface area contributed by atoms with Crippen LogP contribution in [0.25, 0.3) is 0 Å². The van der Waals surface area contributed by atoms with Crippen LogP contribution < -0.4 is 19.5 Å². The van der Waals surface area contributed by atoms with E-state index in [1.54, 1.807) is 21.3 Å². The molecule has 0 saturated carbocycles. The normalized spacial score (nSPS) is 14.7. The van der Waals surface area contributed by atoms with Crippen molar-refractivity contribution in [1.82, 2.24) is 5.32 Å². The number of rotatable bonds is 7. The fourth-order valence-corrected chi connectivity index (χ4v) is 2.17. The molecular weight excluding hydrogens is 262 g/mol. The molecule has 1 aromatic rings. The van der Waals surface area contributed by atoms with E-state index in [0.29, 0.717) is 23.8 Å². The van der Waals surface area contributed by atoms with Crippen molar-refractivity contribution >= 4 is 0 Å². The van der Waals surface area contributed by atoms with Gasteiger partial charge >= 0.3 is 0 Å². The molecule has 1 heterocycles. The molecule has 6 nitrogen and oxygen atoms in total. The molecule has 112 valence electrons. The van der Waals surface area contributed by atoms with Gasteiger partial charge in [-0.15, -0.1) is 0 Å². The summed E-state index contributed by atoms with van der Waals surface area (Å²) in [6, 6.07) is 3.93. The minimum atomic E-state index is -0.286. The summed E-state index contributed by atoms with van der Waals surface area (Å²) in [5, 5.41) is 3.34. The second-order valence-electron chi connectivity index (χ2n) is 4.54. The maximum absolute atomic E-state index is 5.40. The molecule has 6 heteroatoms. The van der Waals surface area contributed by atoms with Gasteiger partial charge in [-0.1, -0.05) is 0 Å². The van der Waals surface area contributed by atoms with Crippen LogP contribution in [0.15, 0.2) is 12.1 Å². The maximum atomic E-state index is 5.40. The lowest BCUT2D eigenvalue weighted by molar-refractivity contribution is -0.119. The number of ether oxygens (including phenoxy) is 5. The van der Waals surface area contributed by atoms with E-state index in [0.717, 1.165) is 5.56 Å². The van der Waals surface area contributed by atoms with Crippen LogP contribution in [0.3, 0.4) is 0 Å². The van der Waals surface area contributed by atoms with Gasteiger partial charge in [0.1, 0.15) is 0 Å². The summed E-state index contributed by atoms with van der Waals surface area (Å²) in [5.74, 6) is 2.05. The average molecular weight is 283 g/mol. The Labute approximate surface area is 118 Å². The molecule has 1 N–H and O–H groups in total. The second-order valence-corrected chi connectivity index (χ2v) is 4.54. The lowest BCUT2D eigenvalue weighted by atomic mass is 10.1. The van der Waals surface area contributed by atoms with Crippen molar-refractivity contribution in [1.29, 1.82) is 0 Å². The molecule has 1 atom stereocenters. The third-order valence-corrected chi connectivity index (χ3v) is 3.22. The number of methoxy groups -OCH3 is 3. The average Bonchev–Trinajstić information content (AvgIpc) is 2.93. The topological polar surface area (TPSA) is 58.2 Å². The van der Waals surface area contributed by atoms with Gasteiger partial charge in [0, 0.05) is 20.8 Å². The van der Waals surface area contributed by atoms with Gasteiger partial charge < -0.3 is 29.0 Å². The summed E-state index contributed by atoms with van der Waals surface area (Å²) in [6.45, 7) is 2.88. The molecule has 1 aliphatic heterocycles. The zero-order valence-corrected chi connectivity index (χ0v) is 12.3. The minimum absolute atomic E-state index is 0.0569. The van der Waals surface area contributed by atoms with Crippen LogP contribution >= 0.6 is 0 Å². The third-order valence-electron chi connectivity index (χ3n) is 3.22. The van der Waals surface area contributed by atoms with Crippen LogP contribution in [0.5, 0.6) is 17.2 Å². The number of hydrogen-bond acceptors (Lipinski definition) is 6. The van der Waals surface area contributed by atoms with Crippen molar-refractivity contribution in [2.24, 2.45) is 0 Å². The van der Waals surface area contributed by atoms with Crippen LogP contribution in [0, 0.1) is 0 Å². The first-order valence-corrected chi connectivity index (χ1v) is 6.45. The largest absolute Gasteiger partial charge is 0.493 e. The van der Waals surface area contributed by atoms with Gasteiger partial charge in [0.05, 0.1) is 13.2 Å². The lowest BCUT2D eigenvalue weighted by Gasteiger charge is -2.22. The molecule has 1 aliphatic rings. The van der Waals surface area contributed by atoms with Crippen molar-refractivity contribution in [3.05, 3.63) is 17.7 Å². The van der Waals surface area contributed by atoms with Gasteiger partial charge in [-0.25, -0.2) is 0 Å². The molecule has 0 radical (unpaired) electrons. The van der Waals surface area contributed by atoms with Crippen LogP contribution in [0.1, 0.15) is 12.5 Å². The lowest BCUT2D eigenvalue weighted by Crippen LogP contribution is -2.39. The quantitative estimate of drug-likeness (QED) is 0.766. The number of nitrogens with one attached hydrogen (secondary N) is 1. The molecule has 0 aromatic heterocycles. The minimum Gasteiger partial charge on any atom is -0.493 e. The van der Waals surface area contributed by atoms with Gasteiger partial charge in [0.25, 0.3) is 0 Å². The Balaban J connectivity index is 2.03. The SMILES string of the molecule is COc1cc(CNC(C)C(OC)OC)cc2c1OCO2. The molecule has 0 amide bonds. The molecule has 1 aromatic carbocycles. The fraction of sp³-hybridized carbons (Fsp3) is 0.571. The number of fused-ring (bicyclic) bond motifs is 1. The Morgan fingerprint density at radius 3 is 2.60 bits per heavy atom. The summed E-state index contributed by atoms with van der Waals surface area (Å²) >= 11 is 0. The van der Waals surface area contributed by atoms with Gasteiger partial charge in [-0.05, 0) is 24.6 Å². The summed E-state index contributed by atoms with van der Waals surface area (Å²) in [6.07, 6.45) is -0.286. The standard InChI is InChI=1S/C14H21NO5/c1-9(14(17-3)18-4)15-7-10-5-11(16-2)13-12(6-10)19-8-20-13/h5-6,9,14-15H,7-8H2,1-4H3. The highest BCUT2D eigenvalue weighted by Crippen LogP contribution is 2.41. The Morgan fingerprint density at radius 2 is 1.95 bits per heavy atom. The van der Waals surface area contributed by atoms with E-state index in [9.17, 15) is 0 Å². The molecule has 0 spiro atoms. The van der Waals surface area contributed by atoms with E-state index < -0.39 is 0 Å². The van der Waals surface area contributed by atoms with Gasteiger partial charge in [-0.3, -0.25) is 0 Å². The van der Waals surface area contributed by atoms with E-state index in [1.165, 1.54) is 0 Å². The Bertz CT molecular complexity index is 447. The maximum Gasteiger partial charge on any atom is 0.231 e. The highest BCUT2D eigenvalue weighted by Gasteiger charge is 2.21. The smallest absolute Gasteiger partial charge is 0.231 e. The summed E-state index contributed by atoms with van der Waals surface area (Å²) < 4.78 is 26.5. The van der Waals surface area contributed by atoms with E-state index in [-0.39, 0.29) is 19.1 Å². The van der Waals surface area contributed by atoms with Crippen LogP contribution in [0.2, 0.25) is 0 Å². The highest BCUT2D eigenvalue weighted by molar-refractivity contribution is 5.55. The van der Waals surface area contributed by atoms with Crippen molar-refractivity contribution in [3.8, 4) is 17.2 Å². The first-order chi connectivity index (χ1) is 9.69. The number of hydrogen-bond donors (Lipinski definition) is 1. The van der Waals surface area contributed by atoms with E-state index in [4.69, 9.17) is 23.7 Å². The molecule has 0 bridgehead atoms. The molecule has 20 heavy (non-hydrogen) atoms. The molecule has 2 rings (SSSR count). The molecule has 1 unspecified atom stereocenters. The van der Waals surface area contributed by atoms with Gasteiger partial charge in [0.2, 0.25) is 12.5 Å². The molecular formula is C14H21NO5. The summed E-state index contributed by atoms with van der Waals surface area (Å²) in [5.41, 5.74) is 1.05. The molecule has 0 aliphatic carbocycles. The second kappa shape index (κ2) is 6.78. The van der Waals surface area contributed by atoms with Crippen molar-refractivity contribution in [2.45, 2.75) is 25.8 Å². The predicted octanol–water partition coefficient (Wildman–Crippen LogP) is 1.52. The van der Waals surface area contributed by atoms with E-state index >= 15 is 0 Å². The van der Waals surface area contributed by atoms with E-state index in [1.807, 2.05) is 19.1 Å². The first kappa shape index (κ1) is 14.9.